The second kappa shape index (κ2) is 5.71. The van der Waals surface area contributed by atoms with Gasteiger partial charge in [0.2, 0.25) is 0 Å². The highest BCUT2D eigenvalue weighted by atomic mass is 35.5. The number of nitrogens with two attached hydrogens (primary N) is 1. The van der Waals surface area contributed by atoms with Crippen molar-refractivity contribution in [1.82, 2.24) is 10.3 Å². The number of hydrogen-bond donors (Lipinski definition) is 2. The van der Waals surface area contributed by atoms with Crippen molar-refractivity contribution in [3.05, 3.63) is 58.9 Å². The summed E-state index contributed by atoms with van der Waals surface area (Å²) in [4.78, 5) is 16.0. The van der Waals surface area contributed by atoms with Gasteiger partial charge in [-0.15, -0.1) is 0 Å². The summed E-state index contributed by atoms with van der Waals surface area (Å²) in [5, 5.41) is 3.47. The predicted molar refractivity (Wildman–Crippen MR) is 76.0 cm³/mol. The third-order valence-corrected chi connectivity index (χ3v) is 3.16. The Labute approximate surface area is 116 Å². The maximum Gasteiger partial charge on any atom is 0.255 e. The molecule has 0 spiro atoms. The summed E-state index contributed by atoms with van der Waals surface area (Å²) >= 11 is 6.09. The molecule has 0 fully saturated rings. The van der Waals surface area contributed by atoms with Gasteiger partial charge in [0, 0.05) is 23.1 Å². The third kappa shape index (κ3) is 3.03. The van der Waals surface area contributed by atoms with Crippen LogP contribution in [0.5, 0.6) is 0 Å². The minimum atomic E-state index is -0.266. The number of nitrogens with one attached hydrogen (secondary N) is 1. The smallest absolute Gasteiger partial charge is 0.255 e. The molecule has 1 unspecified atom stereocenters. The molecule has 0 aliphatic heterocycles. The standard InChI is InChI=1S/C14H14ClN3O/c1-9(10-4-2-3-5-12(10)15)18-14(19)11-8-17-7-6-13(11)16/h2-9H,1H3,(H2,16,17)(H,18,19). The number of amides is 1. The van der Waals surface area contributed by atoms with Gasteiger partial charge in [-0.05, 0) is 24.6 Å². The minimum Gasteiger partial charge on any atom is -0.398 e. The van der Waals surface area contributed by atoms with Crippen LogP contribution >= 0.6 is 11.6 Å². The summed E-state index contributed by atoms with van der Waals surface area (Å²) < 4.78 is 0. The summed E-state index contributed by atoms with van der Waals surface area (Å²) in [5.74, 6) is -0.266. The number of anilines is 1. The maximum atomic E-state index is 12.1. The first-order valence-electron chi connectivity index (χ1n) is 5.84. The van der Waals surface area contributed by atoms with Gasteiger partial charge in [0.15, 0.2) is 0 Å². The number of carbonyl (C=O) groups is 1. The lowest BCUT2D eigenvalue weighted by molar-refractivity contribution is 0.0940. The molecule has 1 aromatic carbocycles. The average molecular weight is 276 g/mol. The fourth-order valence-electron chi connectivity index (χ4n) is 1.77. The Morgan fingerprint density at radius 3 is 2.79 bits per heavy atom. The van der Waals surface area contributed by atoms with Crippen molar-refractivity contribution in [3.8, 4) is 0 Å². The number of hydrogen-bond acceptors (Lipinski definition) is 3. The van der Waals surface area contributed by atoms with Crippen LogP contribution in [-0.2, 0) is 0 Å². The molecule has 1 heterocycles. The van der Waals surface area contributed by atoms with Gasteiger partial charge in [0.05, 0.1) is 11.6 Å². The second-order valence-corrected chi connectivity index (χ2v) is 4.59. The fourth-order valence-corrected chi connectivity index (χ4v) is 2.07. The number of rotatable bonds is 3. The van der Waals surface area contributed by atoms with Gasteiger partial charge in [-0.25, -0.2) is 0 Å². The molecule has 0 radical (unpaired) electrons. The number of nitrogens with zero attached hydrogens (tertiary/aromatic N) is 1. The van der Waals surface area contributed by atoms with Crippen molar-refractivity contribution in [2.45, 2.75) is 13.0 Å². The lowest BCUT2D eigenvalue weighted by atomic mass is 10.1. The van der Waals surface area contributed by atoms with E-state index in [1.54, 1.807) is 18.3 Å². The van der Waals surface area contributed by atoms with Gasteiger partial charge in [-0.3, -0.25) is 9.78 Å². The minimum absolute atomic E-state index is 0.208. The molecule has 4 nitrogen and oxygen atoms in total. The highest BCUT2D eigenvalue weighted by Gasteiger charge is 2.15. The Balaban J connectivity index is 2.16. The SMILES string of the molecule is CC(NC(=O)c1cnccc1N)c1ccccc1Cl. The van der Waals surface area contributed by atoms with Gasteiger partial charge >= 0.3 is 0 Å². The zero-order valence-corrected chi connectivity index (χ0v) is 11.2. The van der Waals surface area contributed by atoms with E-state index >= 15 is 0 Å². The van der Waals surface area contributed by atoms with Gasteiger partial charge in [-0.2, -0.15) is 0 Å². The van der Waals surface area contributed by atoms with E-state index in [-0.39, 0.29) is 11.9 Å². The van der Waals surface area contributed by atoms with Crippen LogP contribution in [0.15, 0.2) is 42.7 Å². The monoisotopic (exact) mass is 275 g/mol. The van der Waals surface area contributed by atoms with E-state index in [1.807, 2.05) is 25.1 Å². The highest BCUT2D eigenvalue weighted by molar-refractivity contribution is 6.31. The molecule has 19 heavy (non-hydrogen) atoms. The van der Waals surface area contributed by atoms with Crippen molar-refractivity contribution >= 4 is 23.2 Å². The number of benzene rings is 1. The van der Waals surface area contributed by atoms with Crippen molar-refractivity contribution in [1.29, 1.82) is 0 Å². The number of pyridine rings is 1. The quantitative estimate of drug-likeness (QED) is 0.905. The topological polar surface area (TPSA) is 68.0 Å². The number of carbonyl (C=O) groups excluding carboxylic acids is 1. The van der Waals surface area contributed by atoms with Crippen LogP contribution in [0.1, 0.15) is 28.9 Å². The van der Waals surface area contributed by atoms with Crippen LogP contribution in [0, 0.1) is 0 Å². The molecule has 1 aromatic heterocycles. The summed E-state index contributed by atoms with van der Waals surface area (Å²) in [6, 6.07) is 8.77. The largest absolute Gasteiger partial charge is 0.398 e. The van der Waals surface area contributed by atoms with E-state index in [1.165, 1.54) is 6.20 Å². The average Bonchev–Trinajstić information content (AvgIpc) is 2.39. The molecule has 3 N–H and O–H groups in total. The molecule has 0 bridgehead atoms. The van der Waals surface area contributed by atoms with Crippen LogP contribution in [0.2, 0.25) is 5.02 Å². The number of nitrogen functional groups attached to an aromatic ring is 1. The van der Waals surface area contributed by atoms with Crippen molar-refractivity contribution < 1.29 is 4.79 Å². The summed E-state index contributed by atoms with van der Waals surface area (Å²) in [7, 11) is 0. The Hall–Kier alpha value is -2.07. The van der Waals surface area contributed by atoms with E-state index in [0.717, 1.165) is 5.56 Å². The second-order valence-electron chi connectivity index (χ2n) is 4.18. The first-order valence-corrected chi connectivity index (χ1v) is 6.22. The molecule has 0 aliphatic carbocycles. The van der Waals surface area contributed by atoms with Crippen LogP contribution in [-0.4, -0.2) is 10.9 Å². The van der Waals surface area contributed by atoms with Crippen LogP contribution in [0.3, 0.4) is 0 Å². The highest BCUT2D eigenvalue weighted by Crippen LogP contribution is 2.22. The van der Waals surface area contributed by atoms with Crippen molar-refractivity contribution in [3.63, 3.8) is 0 Å². The molecule has 2 rings (SSSR count). The van der Waals surface area contributed by atoms with Gasteiger partial charge < -0.3 is 11.1 Å². The Kier molecular flexibility index (Phi) is 4.02. The molecule has 0 saturated carbocycles. The lowest BCUT2D eigenvalue weighted by Gasteiger charge is -2.16. The van der Waals surface area contributed by atoms with E-state index in [9.17, 15) is 4.79 Å². The molecular formula is C14H14ClN3O. The number of aromatic nitrogens is 1. The van der Waals surface area contributed by atoms with Gasteiger partial charge in [0.1, 0.15) is 0 Å². The molecule has 1 amide bonds. The first-order chi connectivity index (χ1) is 9.09. The zero-order valence-electron chi connectivity index (χ0n) is 10.4. The molecule has 2 aromatic rings. The van der Waals surface area contributed by atoms with E-state index < -0.39 is 0 Å². The fraction of sp³-hybridized carbons (Fsp3) is 0.143. The van der Waals surface area contributed by atoms with Crippen molar-refractivity contribution in [2.75, 3.05) is 5.73 Å². The zero-order chi connectivity index (χ0) is 13.8. The van der Waals surface area contributed by atoms with E-state index in [0.29, 0.717) is 16.3 Å². The van der Waals surface area contributed by atoms with Crippen LogP contribution in [0.4, 0.5) is 5.69 Å². The molecule has 1 atom stereocenters. The third-order valence-electron chi connectivity index (χ3n) is 2.82. The Morgan fingerprint density at radius 2 is 2.11 bits per heavy atom. The summed E-state index contributed by atoms with van der Waals surface area (Å²) in [5.41, 5.74) is 7.36. The summed E-state index contributed by atoms with van der Waals surface area (Å²) in [6.45, 7) is 1.87. The normalized spacial score (nSPS) is 11.9. The van der Waals surface area contributed by atoms with Gasteiger partial charge in [-0.1, -0.05) is 29.8 Å². The van der Waals surface area contributed by atoms with E-state index in [4.69, 9.17) is 17.3 Å². The van der Waals surface area contributed by atoms with Crippen LogP contribution < -0.4 is 11.1 Å². The van der Waals surface area contributed by atoms with Crippen molar-refractivity contribution in [2.24, 2.45) is 0 Å². The lowest BCUT2D eigenvalue weighted by Crippen LogP contribution is -2.27. The summed E-state index contributed by atoms with van der Waals surface area (Å²) in [6.07, 6.45) is 2.99. The Morgan fingerprint density at radius 1 is 1.37 bits per heavy atom. The van der Waals surface area contributed by atoms with E-state index in [2.05, 4.69) is 10.3 Å². The maximum absolute atomic E-state index is 12.1. The Bertz CT molecular complexity index is 601. The number of halogens is 1. The molecule has 5 heteroatoms. The van der Waals surface area contributed by atoms with Gasteiger partial charge in [0.25, 0.3) is 5.91 Å². The first kappa shape index (κ1) is 13.4. The molecule has 98 valence electrons. The predicted octanol–water partition coefficient (Wildman–Crippen LogP) is 2.81. The van der Waals surface area contributed by atoms with Crippen LogP contribution in [0.25, 0.3) is 0 Å². The molecule has 0 saturated heterocycles. The molecular weight excluding hydrogens is 262 g/mol. The molecule has 0 aliphatic rings.